The number of rotatable bonds is 10. The molecule has 0 aliphatic carbocycles. The number of nitrogens with one attached hydrogen (secondary N) is 2. The maximum absolute atomic E-state index is 11.5. The number of imidazole rings is 1. The first-order chi connectivity index (χ1) is 10.5. The van der Waals surface area contributed by atoms with E-state index in [0.717, 1.165) is 0 Å². The minimum Gasteiger partial charge on any atom is -0.480 e. The Morgan fingerprint density at radius 3 is 2.68 bits per heavy atom. The van der Waals surface area contributed by atoms with Gasteiger partial charge in [-0.3, -0.25) is 15.3 Å². The van der Waals surface area contributed by atoms with E-state index in [0.29, 0.717) is 18.5 Å². The van der Waals surface area contributed by atoms with Gasteiger partial charge in [0.1, 0.15) is 6.04 Å². The van der Waals surface area contributed by atoms with Crippen molar-refractivity contribution in [3.8, 4) is 0 Å². The lowest BCUT2D eigenvalue weighted by Gasteiger charge is -2.13. The lowest BCUT2D eigenvalue weighted by atomic mass is 10.2. The van der Waals surface area contributed by atoms with E-state index in [1.807, 2.05) is 0 Å². The summed E-state index contributed by atoms with van der Waals surface area (Å²) in [6.45, 7) is 0.0814. The standard InChI is InChI=1S/C11H18N4O7/c16-10(17)9(5-8-6-12-7-13-8)14-11(18)21-3-1-2-4-22-15(19)20/h6-7,9,19-20H,1-5H2,(H,12,13)(H,14,18)(H,16,17). The fraction of sp³-hybridized carbons (Fsp3) is 0.545. The second kappa shape index (κ2) is 9.68. The lowest BCUT2D eigenvalue weighted by molar-refractivity contribution is -0.492. The molecule has 1 aromatic rings. The first kappa shape index (κ1) is 17.8. The van der Waals surface area contributed by atoms with Crippen molar-refractivity contribution in [2.75, 3.05) is 13.2 Å². The van der Waals surface area contributed by atoms with Crippen LogP contribution in [0.3, 0.4) is 0 Å². The van der Waals surface area contributed by atoms with Gasteiger partial charge in [-0.2, -0.15) is 0 Å². The van der Waals surface area contributed by atoms with Gasteiger partial charge in [0.05, 0.1) is 24.9 Å². The van der Waals surface area contributed by atoms with E-state index in [9.17, 15) is 9.59 Å². The summed E-state index contributed by atoms with van der Waals surface area (Å²) in [5, 5.41) is 27.4. The Kier molecular flexibility index (Phi) is 7.85. The average Bonchev–Trinajstić information content (AvgIpc) is 2.94. The number of hydrogen-bond acceptors (Lipinski definition) is 8. The average molecular weight is 318 g/mol. The normalized spacial score (nSPS) is 12.1. The predicted octanol–water partition coefficient (Wildman–Crippen LogP) is -0.0762. The van der Waals surface area contributed by atoms with Crippen LogP contribution in [0.5, 0.6) is 0 Å². The molecule has 1 aromatic heterocycles. The highest BCUT2D eigenvalue weighted by Gasteiger charge is 2.21. The number of hydrogen-bond donors (Lipinski definition) is 5. The summed E-state index contributed by atoms with van der Waals surface area (Å²) in [5.41, 5.74) is 0.572. The fourth-order valence-corrected chi connectivity index (χ4v) is 1.52. The van der Waals surface area contributed by atoms with Crippen LogP contribution >= 0.6 is 0 Å². The first-order valence-electron chi connectivity index (χ1n) is 6.43. The zero-order chi connectivity index (χ0) is 16.4. The molecule has 1 unspecified atom stereocenters. The fourth-order valence-electron chi connectivity index (χ4n) is 1.52. The van der Waals surface area contributed by atoms with Gasteiger partial charge in [-0.1, -0.05) is 0 Å². The van der Waals surface area contributed by atoms with E-state index in [1.54, 1.807) is 0 Å². The number of ether oxygens (including phenoxy) is 1. The van der Waals surface area contributed by atoms with Crippen LogP contribution < -0.4 is 5.32 Å². The Labute approximate surface area is 125 Å². The van der Waals surface area contributed by atoms with E-state index < -0.39 is 23.5 Å². The first-order valence-corrected chi connectivity index (χ1v) is 6.43. The molecule has 0 spiro atoms. The third-order valence-corrected chi connectivity index (χ3v) is 2.55. The smallest absolute Gasteiger partial charge is 0.407 e. The summed E-state index contributed by atoms with van der Waals surface area (Å²) in [4.78, 5) is 33.4. The summed E-state index contributed by atoms with van der Waals surface area (Å²) in [5.74, 6) is -1.19. The number of H-pyrrole nitrogens is 1. The lowest BCUT2D eigenvalue weighted by Crippen LogP contribution is -2.42. The monoisotopic (exact) mass is 318 g/mol. The van der Waals surface area contributed by atoms with Crippen molar-refractivity contribution >= 4 is 12.1 Å². The van der Waals surface area contributed by atoms with Gasteiger partial charge in [0.25, 0.3) is 0 Å². The number of carboxylic acids is 1. The van der Waals surface area contributed by atoms with Gasteiger partial charge in [-0.05, 0) is 12.8 Å². The summed E-state index contributed by atoms with van der Waals surface area (Å²) in [7, 11) is 0. The SMILES string of the molecule is O=C(NC(Cc1cnc[nH]1)C(=O)O)OCCCCON(O)O. The summed E-state index contributed by atoms with van der Waals surface area (Å²) in [6, 6.07) is -1.13. The van der Waals surface area contributed by atoms with Crippen LogP contribution in [-0.2, 0) is 20.8 Å². The largest absolute Gasteiger partial charge is 0.480 e. The molecule has 1 atom stereocenters. The molecule has 0 aromatic carbocycles. The molecule has 124 valence electrons. The molecule has 11 heteroatoms. The molecule has 0 bridgehead atoms. The molecular formula is C11H18N4O7. The molecule has 0 aliphatic rings. The van der Waals surface area contributed by atoms with E-state index in [4.69, 9.17) is 20.3 Å². The van der Waals surface area contributed by atoms with Crippen molar-refractivity contribution in [1.82, 2.24) is 20.7 Å². The van der Waals surface area contributed by atoms with Crippen LogP contribution in [0.25, 0.3) is 0 Å². The molecule has 0 saturated carbocycles. The molecule has 5 N–H and O–H groups in total. The number of carbonyl (C=O) groups is 2. The molecule has 0 saturated heterocycles. The molecule has 1 heterocycles. The van der Waals surface area contributed by atoms with Gasteiger partial charge in [0.2, 0.25) is 0 Å². The van der Waals surface area contributed by atoms with Crippen LogP contribution in [-0.4, -0.2) is 62.2 Å². The number of aromatic amines is 1. The zero-order valence-electron chi connectivity index (χ0n) is 11.6. The number of unbranched alkanes of at least 4 members (excludes halogenated alkanes) is 1. The van der Waals surface area contributed by atoms with Crippen molar-refractivity contribution in [3.63, 3.8) is 0 Å². The topological polar surface area (TPSA) is 157 Å². The van der Waals surface area contributed by atoms with Crippen molar-refractivity contribution in [1.29, 1.82) is 0 Å². The van der Waals surface area contributed by atoms with Gasteiger partial charge in [0, 0.05) is 18.3 Å². The summed E-state index contributed by atoms with van der Waals surface area (Å²) >= 11 is 0. The minimum atomic E-state index is -1.19. The quantitative estimate of drug-likeness (QED) is 0.294. The molecule has 11 nitrogen and oxygen atoms in total. The van der Waals surface area contributed by atoms with E-state index in [2.05, 4.69) is 20.1 Å². The second-order valence-corrected chi connectivity index (χ2v) is 4.25. The summed E-state index contributed by atoms with van der Waals surface area (Å²) < 4.78 is 4.82. The molecule has 1 rings (SSSR count). The maximum atomic E-state index is 11.5. The van der Waals surface area contributed by atoms with Crippen LogP contribution in [0.15, 0.2) is 12.5 Å². The Bertz CT molecular complexity index is 451. The third-order valence-electron chi connectivity index (χ3n) is 2.55. The van der Waals surface area contributed by atoms with Crippen LogP contribution in [0, 0.1) is 0 Å². The molecule has 1 amide bonds. The number of carboxylic acid groups (broad SMARTS) is 1. The number of carbonyl (C=O) groups excluding carboxylic acids is 1. The summed E-state index contributed by atoms with van der Waals surface area (Å²) in [6.07, 6.45) is 2.92. The minimum absolute atomic E-state index is 0.0373. The number of aliphatic carboxylic acids is 1. The molecular weight excluding hydrogens is 300 g/mol. The highest BCUT2D eigenvalue weighted by Crippen LogP contribution is 2.00. The maximum Gasteiger partial charge on any atom is 0.407 e. The van der Waals surface area contributed by atoms with Gasteiger partial charge in [-0.15, -0.1) is 0 Å². The Morgan fingerprint density at radius 2 is 2.09 bits per heavy atom. The van der Waals surface area contributed by atoms with Gasteiger partial charge in [-0.25, -0.2) is 14.6 Å². The van der Waals surface area contributed by atoms with Crippen molar-refractivity contribution < 1.29 is 34.7 Å². The Hall–Kier alpha value is -2.21. The van der Waals surface area contributed by atoms with Gasteiger partial charge < -0.3 is 20.1 Å². The molecule has 0 aliphatic heterocycles. The predicted molar refractivity (Wildman–Crippen MR) is 68.8 cm³/mol. The van der Waals surface area contributed by atoms with Crippen molar-refractivity contribution in [2.45, 2.75) is 25.3 Å². The van der Waals surface area contributed by atoms with Crippen molar-refractivity contribution in [2.24, 2.45) is 0 Å². The van der Waals surface area contributed by atoms with E-state index in [1.165, 1.54) is 12.5 Å². The van der Waals surface area contributed by atoms with E-state index >= 15 is 0 Å². The second-order valence-electron chi connectivity index (χ2n) is 4.25. The molecule has 0 radical (unpaired) electrons. The molecule has 22 heavy (non-hydrogen) atoms. The van der Waals surface area contributed by atoms with Gasteiger partial charge >= 0.3 is 12.1 Å². The van der Waals surface area contributed by atoms with Crippen molar-refractivity contribution in [3.05, 3.63) is 18.2 Å². The zero-order valence-corrected chi connectivity index (χ0v) is 11.6. The van der Waals surface area contributed by atoms with Crippen LogP contribution in [0.2, 0.25) is 0 Å². The number of nitrogens with zero attached hydrogens (tertiary/aromatic N) is 2. The highest BCUT2D eigenvalue weighted by atomic mass is 17.1. The van der Waals surface area contributed by atoms with Crippen LogP contribution in [0.1, 0.15) is 18.5 Å². The highest BCUT2D eigenvalue weighted by molar-refractivity contribution is 5.80. The van der Waals surface area contributed by atoms with Gasteiger partial charge in [0.15, 0.2) is 0 Å². The Morgan fingerprint density at radius 1 is 1.36 bits per heavy atom. The number of alkyl carbamates (subject to hydrolysis) is 1. The number of aromatic nitrogens is 2. The molecule has 0 fully saturated rings. The van der Waals surface area contributed by atoms with Crippen LogP contribution in [0.4, 0.5) is 4.79 Å². The Balaban J connectivity index is 2.22. The number of amides is 1. The van der Waals surface area contributed by atoms with E-state index in [-0.39, 0.29) is 19.6 Å². The third kappa shape index (κ3) is 7.54.